The molecule has 24 heavy (non-hydrogen) atoms. The number of benzene rings is 1. The molecule has 5 heteroatoms. The number of nitrogens with zero attached hydrogens (tertiary/aromatic N) is 2. The molecule has 0 aromatic heterocycles. The van der Waals surface area contributed by atoms with Crippen molar-refractivity contribution in [1.82, 2.24) is 15.1 Å². The van der Waals surface area contributed by atoms with Crippen LogP contribution in [0.2, 0.25) is 0 Å². The van der Waals surface area contributed by atoms with Crippen LogP contribution in [0.3, 0.4) is 0 Å². The zero-order chi connectivity index (χ0) is 16.9. The van der Waals surface area contributed by atoms with Crippen molar-refractivity contribution < 1.29 is 9.18 Å². The number of carbonyl (C=O) groups excluding carboxylic acids is 1. The van der Waals surface area contributed by atoms with Crippen molar-refractivity contribution in [1.29, 1.82) is 0 Å². The van der Waals surface area contributed by atoms with Crippen molar-refractivity contribution >= 4 is 5.91 Å². The third-order valence-electron chi connectivity index (χ3n) is 5.41. The van der Waals surface area contributed by atoms with E-state index < -0.39 is 0 Å². The first-order valence-corrected chi connectivity index (χ1v) is 9.06. The fraction of sp³-hybridized carbons (Fsp3) is 0.632. The van der Waals surface area contributed by atoms with E-state index in [9.17, 15) is 9.18 Å². The van der Waals surface area contributed by atoms with E-state index in [1.54, 1.807) is 12.1 Å². The summed E-state index contributed by atoms with van der Waals surface area (Å²) in [6.07, 6.45) is 4.49. The van der Waals surface area contributed by atoms with Crippen molar-refractivity contribution in [3.63, 3.8) is 0 Å². The van der Waals surface area contributed by atoms with Gasteiger partial charge < -0.3 is 10.2 Å². The fourth-order valence-corrected chi connectivity index (χ4v) is 3.85. The third-order valence-corrected chi connectivity index (χ3v) is 5.41. The molecule has 2 saturated heterocycles. The van der Waals surface area contributed by atoms with Gasteiger partial charge in [0, 0.05) is 19.1 Å². The second kappa shape index (κ2) is 8.08. The van der Waals surface area contributed by atoms with Crippen LogP contribution in [0, 0.1) is 11.7 Å². The molecule has 1 amide bonds. The van der Waals surface area contributed by atoms with Crippen molar-refractivity contribution in [3.8, 4) is 0 Å². The number of hydrogen-bond donors (Lipinski definition) is 1. The predicted octanol–water partition coefficient (Wildman–Crippen LogP) is 2.25. The van der Waals surface area contributed by atoms with Gasteiger partial charge in [0.25, 0.3) is 0 Å². The molecule has 0 aliphatic carbocycles. The zero-order valence-electron chi connectivity index (χ0n) is 14.5. The van der Waals surface area contributed by atoms with Gasteiger partial charge in [0.2, 0.25) is 5.91 Å². The Morgan fingerprint density at radius 2 is 1.88 bits per heavy atom. The van der Waals surface area contributed by atoms with E-state index in [1.165, 1.54) is 25.0 Å². The average molecular weight is 333 g/mol. The molecule has 0 spiro atoms. The molecule has 2 heterocycles. The highest BCUT2D eigenvalue weighted by Crippen LogP contribution is 2.23. The van der Waals surface area contributed by atoms with Crippen LogP contribution in [0.25, 0.3) is 0 Å². The van der Waals surface area contributed by atoms with E-state index in [1.807, 2.05) is 0 Å². The van der Waals surface area contributed by atoms with E-state index in [0.717, 1.165) is 44.6 Å². The summed E-state index contributed by atoms with van der Waals surface area (Å²) in [6.45, 7) is 4.79. The Labute approximate surface area is 144 Å². The van der Waals surface area contributed by atoms with Crippen molar-refractivity contribution in [2.75, 3.05) is 33.2 Å². The summed E-state index contributed by atoms with van der Waals surface area (Å²) in [5.74, 6) is -0.0260. The Morgan fingerprint density at radius 3 is 2.58 bits per heavy atom. The molecule has 1 N–H and O–H groups in total. The first-order chi connectivity index (χ1) is 11.6. The van der Waals surface area contributed by atoms with Gasteiger partial charge in [0.1, 0.15) is 5.82 Å². The van der Waals surface area contributed by atoms with E-state index in [-0.39, 0.29) is 17.6 Å². The maximum Gasteiger partial charge on any atom is 0.224 e. The van der Waals surface area contributed by atoms with Gasteiger partial charge in [-0.1, -0.05) is 12.1 Å². The van der Waals surface area contributed by atoms with E-state index >= 15 is 0 Å². The van der Waals surface area contributed by atoms with Crippen LogP contribution in [0.4, 0.5) is 4.39 Å². The highest BCUT2D eigenvalue weighted by Gasteiger charge is 2.30. The lowest BCUT2D eigenvalue weighted by molar-refractivity contribution is -0.127. The lowest BCUT2D eigenvalue weighted by Crippen LogP contribution is -2.50. The minimum absolute atomic E-state index is 0.0823. The lowest BCUT2D eigenvalue weighted by Gasteiger charge is -2.41. The second-order valence-electron chi connectivity index (χ2n) is 7.21. The van der Waals surface area contributed by atoms with Gasteiger partial charge in [0.05, 0.1) is 5.92 Å². The standard InChI is InChI=1S/C19H28FN3O/c1-22-11-8-18(9-12-22)23-10-2-3-16(14-23)19(24)21-13-15-4-6-17(20)7-5-15/h4-7,16,18H,2-3,8-14H2,1H3,(H,21,24). The fourth-order valence-electron chi connectivity index (χ4n) is 3.85. The number of piperidine rings is 2. The number of carbonyl (C=O) groups is 1. The molecule has 0 bridgehead atoms. The van der Waals surface area contributed by atoms with Gasteiger partial charge in [-0.2, -0.15) is 0 Å². The highest BCUT2D eigenvalue weighted by molar-refractivity contribution is 5.78. The Bertz CT molecular complexity index is 540. The quantitative estimate of drug-likeness (QED) is 0.918. The van der Waals surface area contributed by atoms with Crippen LogP contribution >= 0.6 is 0 Å². The van der Waals surface area contributed by atoms with Crippen LogP contribution < -0.4 is 5.32 Å². The van der Waals surface area contributed by atoms with E-state index in [4.69, 9.17) is 0 Å². The Balaban J connectivity index is 1.48. The Kier molecular flexibility index (Phi) is 5.85. The summed E-state index contributed by atoms with van der Waals surface area (Å²) in [6, 6.07) is 6.95. The SMILES string of the molecule is CN1CCC(N2CCCC(C(=O)NCc3ccc(F)cc3)C2)CC1. The largest absolute Gasteiger partial charge is 0.352 e. The van der Waals surface area contributed by atoms with Gasteiger partial charge in [-0.25, -0.2) is 4.39 Å². The molecule has 2 aliphatic rings. The number of likely N-dealkylation sites (tertiary alicyclic amines) is 2. The molecule has 1 aromatic carbocycles. The second-order valence-corrected chi connectivity index (χ2v) is 7.21. The summed E-state index contributed by atoms with van der Waals surface area (Å²) in [7, 11) is 2.18. The van der Waals surface area contributed by atoms with Crippen molar-refractivity contribution in [2.24, 2.45) is 5.92 Å². The molecule has 0 radical (unpaired) electrons. The molecule has 2 aliphatic heterocycles. The number of nitrogens with one attached hydrogen (secondary N) is 1. The molecule has 3 rings (SSSR count). The molecular formula is C19H28FN3O. The van der Waals surface area contributed by atoms with Crippen molar-refractivity contribution in [3.05, 3.63) is 35.6 Å². The number of rotatable bonds is 4. The van der Waals surface area contributed by atoms with E-state index in [0.29, 0.717) is 12.6 Å². The minimum atomic E-state index is -0.244. The molecule has 132 valence electrons. The normalized spacial score (nSPS) is 24.0. The maximum absolute atomic E-state index is 12.9. The summed E-state index contributed by atoms with van der Waals surface area (Å²) >= 11 is 0. The van der Waals surface area contributed by atoms with Gasteiger partial charge in [-0.05, 0) is 70.1 Å². The predicted molar refractivity (Wildman–Crippen MR) is 93.1 cm³/mol. The molecule has 0 saturated carbocycles. The highest BCUT2D eigenvalue weighted by atomic mass is 19.1. The summed E-state index contributed by atoms with van der Waals surface area (Å²) in [4.78, 5) is 17.4. The van der Waals surface area contributed by atoms with Crippen LogP contribution in [0.5, 0.6) is 0 Å². The molecular weight excluding hydrogens is 305 g/mol. The molecule has 1 aromatic rings. The minimum Gasteiger partial charge on any atom is -0.352 e. The van der Waals surface area contributed by atoms with Crippen LogP contribution in [-0.4, -0.2) is 55.0 Å². The molecule has 2 fully saturated rings. The van der Waals surface area contributed by atoms with Crippen LogP contribution in [-0.2, 0) is 11.3 Å². The smallest absolute Gasteiger partial charge is 0.224 e. The van der Waals surface area contributed by atoms with Gasteiger partial charge in [0.15, 0.2) is 0 Å². The van der Waals surface area contributed by atoms with Gasteiger partial charge in [-0.15, -0.1) is 0 Å². The lowest BCUT2D eigenvalue weighted by atomic mass is 9.93. The van der Waals surface area contributed by atoms with Crippen molar-refractivity contribution in [2.45, 2.75) is 38.3 Å². The first kappa shape index (κ1) is 17.4. The molecule has 1 atom stereocenters. The van der Waals surface area contributed by atoms with Gasteiger partial charge >= 0.3 is 0 Å². The Morgan fingerprint density at radius 1 is 1.17 bits per heavy atom. The summed E-state index contributed by atoms with van der Waals surface area (Å²) in [5, 5.41) is 3.02. The average Bonchev–Trinajstić information content (AvgIpc) is 2.62. The number of hydrogen-bond acceptors (Lipinski definition) is 3. The van der Waals surface area contributed by atoms with Crippen LogP contribution in [0.15, 0.2) is 24.3 Å². The monoisotopic (exact) mass is 333 g/mol. The zero-order valence-corrected chi connectivity index (χ0v) is 14.5. The topological polar surface area (TPSA) is 35.6 Å². The number of amides is 1. The third kappa shape index (κ3) is 4.54. The van der Waals surface area contributed by atoms with Crippen LogP contribution in [0.1, 0.15) is 31.2 Å². The Hall–Kier alpha value is -1.46. The van der Waals surface area contributed by atoms with Gasteiger partial charge in [-0.3, -0.25) is 9.69 Å². The van der Waals surface area contributed by atoms with E-state index in [2.05, 4.69) is 22.2 Å². The first-order valence-electron chi connectivity index (χ1n) is 9.06. The number of halogens is 1. The molecule has 4 nitrogen and oxygen atoms in total. The summed E-state index contributed by atoms with van der Waals surface area (Å²) in [5.41, 5.74) is 0.938. The maximum atomic E-state index is 12.9. The summed E-state index contributed by atoms with van der Waals surface area (Å²) < 4.78 is 12.9. The molecule has 1 unspecified atom stereocenters.